The molecule has 2 rings (SSSR count). The first kappa shape index (κ1) is 16.7. The normalized spacial score (nSPS) is 19.5. The Morgan fingerprint density at radius 3 is 2.95 bits per heavy atom. The zero-order valence-corrected chi connectivity index (χ0v) is 12.7. The number of amides is 1. The summed E-state index contributed by atoms with van der Waals surface area (Å²) in [6.45, 7) is 4.24. The lowest BCUT2D eigenvalue weighted by Crippen LogP contribution is -2.38. The summed E-state index contributed by atoms with van der Waals surface area (Å²) in [6.07, 6.45) is 2.53. The van der Waals surface area contributed by atoms with Crippen molar-refractivity contribution in [2.24, 2.45) is 5.92 Å². The van der Waals surface area contributed by atoms with Crippen LogP contribution in [-0.4, -0.2) is 31.6 Å². The van der Waals surface area contributed by atoms with E-state index >= 15 is 0 Å². The van der Waals surface area contributed by atoms with Crippen molar-refractivity contribution < 1.29 is 18.3 Å². The topological polar surface area (TPSA) is 50.4 Å². The Balaban J connectivity index is 1.73. The van der Waals surface area contributed by atoms with Crippen LogP contribution >= 0.6 is 0 Å². The molecule has 0 aromatic heterocycles. The molecule has 1 aromatic carbocycles. The molecule has 1 fully saturated rings. The lowest BCUT2D eigenvalue weighted by Gasteiger charge is -2.23. The third kappa shape index (κ3) is 4.94. The van der Waals surface area contributed by atoms with Crippen molar-refractivity contribution in [3.8, 4) is 5.75 Å². The van der Waals surface area contributed by atoms with Crippen molar-refractivity contribution in [1.82, 2.24) is 10.6 Å². The molecule has 2 atom stereocenters. The van der Waals surface area contributed by atoms with Crippen LogP contribution in [0.5, 0.6) is 5.75 Å². The number of carbonyl (C=O) groups is 1. The second-order valence-corrected chi connectivity index (χ2v) is 5.63. The van der Waals surface area contributed by atoms with Crippen LogP contribution in [0.1, 0.15) is 26.2 Å². The molecular formula is C16H22F2N2O2. The second-order valence-electron chi connectivity index (χ2n) is 5.63. The maximum absolute atomic E-state index is 13.1. The highest BCUT2D eigenvalue weighted by Crippen LogP contribution is 2.17. The van der Waals surface area contributed by atoms with Gasteiger partial charge in [0, 0.05) is 12.6 Å². The molecule has 1 aliphatic heterocycles. The maximum Gasteiger partial charge on any atom is 0.260 e. The van der Waals surface area contributed by atoms with E-state index in [2.05, 4.69) is 10.6 Å². The standard InChI is InChI=1S/C16H22F2N2O2/c1-11(22-13-4-5-14(17)15(18)9-13)16(21)20-8-6-12-3-2-7-19-10-12/h4-5,9,11-12,19H,2-3,6-8,10H2,1H3,(H,20,21). The molecule has 1 aliphatic rings. The van der Waals surface area contributed by atoms with Crippen molar-refractivity contribution in [1.29, 1.82) is 0 Å². The molecule has 0 saturated carbocycles. The van der Waals surface area contributed by atoms with Crippen LogP contribution < -0.4 is 15.4 Å². The first-order valence-corrected chi connectivity index (χ1v) is 7.66. The quantitative estimate of drug-likeness (QED) is 0.847. The predicted molar refractivity (Wildman–Crippen MR) is 79.7 cm³/mol. The van der Waals surface area contributed by atoms with E-state index in [1.165, 1.54) is 18.9 Å². The predicted octanol–water partition coefficient (Wildman–Crippen LogP) is 2.24. The fourth-order valence-electron chi connectivity index (χ4n) is 2.52. The number of hydrogen-bond donors (Lipinski definition) is 2. The minimum Gasteiger partial charge on any atom is -0.481 e. The van der Waals surface area contributed by atoms with Gasteiger partial charge in [-0.2, -0.15) is 0 Å². The number of ether oxygens (including phenoxy) is 1. The monoisotopic (exact) mass is 312 g/mol. The summed E-state index contributed by atoms with van der Waals surface area (Å²) in [5, 5.41) is 6.15. The first-order chi connectivity index (χ1) is 10.6. The number of carbonyl (C=O) groups excluding carboxylic acids is 1. The van der Waals surface area contributed by atoms with Crippen molar-refractivity contribution in [3.63, 3.8) is 0 Å². The van der Waals surface area contributed by atoms with Gasteiger partial charge in [0.15, 0.2) is 17.7 Å². The molecule has 1 saturated heterocycles. The molecule has 22 heavy (non-hydrogen) atoms. The van der Waals surface area contributed by atoms with Crippen molar-refractivity contribution in [2.75, 3.05) is 19.6 Å². The van der Waals surface area contributed by atoms with Gasteiger partial charge in [0.25, 0.3) is 5.91 Å². The van der Waals surface area contributed by atoms with Crippen LogP contribution in [-0.2, 0) is 4.79 Å². The number of benzene rings is 1. The SMILES string of the molecule is CC(Oc1ccc(F)c(F)c1)C(=O)NCCC1CCCNC1. The molecule has 1 amide bonds. The summed E-state index contributed by atoms with van der Waals surface area (Å²) in [6, 6.07) is 3.22. The summed E-state index contributed by atoms with van der Waals surface area (Å²) in [7, 11) is 0. The summed E-state index contributed by atoms with van der Waals surface area (Å²) in [5.41, 5.74) is 0. The Hall–Kier alpha value is -1.69. The van der Waals surface area contributed by atoms with E-state index in [9.17, 15) is 13.6 Å². The van der Waals surface area contributed by atoms with Gasteiger partial charge >= 0.3 is 0 Å². The Morgan fingerprint density at radius 1 is 1.45 bits per heavy atom. The highest BCUT2D eigenvalue weighted by molar-refractivity contribution is 5.80. The summed E-state index contributed by atoms with van der Waals surface area (Å²) in [5.74, 6) is -1.46. The lowest BCUT2D eigenvalue weighted by molar-refractivity contribution is -0.127. The average molecular weight is 312 g/mol. The van der Waals surface area contributed by atoms with Gasteiger partial charge < -0.3 is 15.4 Å². The third-order valence-electron chi connectivity index (χ3n) is 3.82. The molecule has 122 valence electrons. The molecule has 1 aromatic rings. The van der Waals surface area contributed by atoms with Crippen LogP contribution in [0.15, 0.2) is 18.2 Å². The van der Waals surface area contributed by atoms with E-state index in [4.69, 9.17) is 4.74 Å². The largest absolute Gasteiger partial charge is 0.481 e. The van der Waals surface area contributed by atoms with Crippen LogP contribution in [0.2, 0.25) is 0 Å². The maximum atomic E-state index is 13.1. The number of nitrogens with one attached hydrogen (secondary N) is 2. The van der Waals surface area contributed by atoms with Crippen LogP contribution in [0.25, 0.3) is 0 Å². The van der Waals surface area contributed by atoms with Crippen LogP contribution in [0.3, 0.4) is 0 Å². The molecule has 1 heterocycles. The first-order valence-electron chi connectivity index (χ1n) is 7.66. The summed E-state index contributed by atoms with van der Waals surface area (Å²) >= 11 is 0. The van der Waals surface area contributed by atoms with Crippen molar-refractivity contribution >= 4 is 5.91 Å². The number of hydrogen-bond acceptors (Lipinski definition) is 3. The van der Waals surface area contributed by atoms with E-state index in [0.717, 1.165) is 31.6 Å². The van der Waals surface area contributed by atoms with Gasteiger partial charge in [-0.3, -0.25) is 4.79 Å². The summed E-state index contributed by atoms with van der Waals surface area (Å²) < 4.78 is 31.2. The molecule has 0 radical (unpaired) electrons. The molecule has 0 bridgehead atoms. The van der Waals surface area contributed by atoms with Gasteiger partial charge in [-0.05, 0) is 57.3 Å². The summed E-state index contributed by atoms with van der Waals surface area (Å²) in [4.78, 5) is 11.9. The number of piperidine rings is 1. The Bertz CT molecular complexity index is 505. The Morgan fingerprint density at radius 2 is 2.27 bits per heavy atom. The highest BCUT2D eigenvalue weighted by Gasteiger charge is 2.17. The molecule has 6 heteroatoms. The average Bonchev–Trinajstić information content (AvgIpc) is 2.52. The fourth-order valence-corrected chi connectivity index (χ4v) is 2.52. The van der Waals surface area contributed by atoms with Gasteiger partial charge in [-0.15, -0.1) is 0 Å². The third-order valence-corrected chi connectivity index (χ3v) is 3.82. The van der Waals surface area contributed by atoms with E-state index < -0.39 is 17.7 Å². The fraction of sp³-hybridized carbons (Fsp3) is 0.562. The van der Waals surface area contributed by atoms with Crippen LogP contribution in [0.4, 0.5) is 8.78 Å². The molecule has 0 spiro atoms. The smallest absolute Gasteiger partial charge is 0.260 e. The molecule has 0 aliphatic carbocycles. The minimum absolute atomic E-state index is 0.137. The van der Waals surface area contributed by atoms with Crippen molar-refractivity contribution in [2.45, 2.75) is 32.3 Å². The zero-order valence-electron chi connectivity index (χ0n) is 12.7. The van der Waals surface area contributed by atoms with Gasteiger partial charge in [0.2, 0.25) is 0 Å². The van der Waals surface area contributed by atoms with Gasteiger partial charge in [0.1, 0.15) is 5.75 Å². The molecule has 4 nitrogen and oxygen atoms in total. The Labute approximate surface area is 129 Å². The minimum atomic E-state index is -0.991. The van der Waals surface area contributed by atoms with Crippen LogP contribution in [0, 0.1) is 17.6 Å². The molecule has 2 unspecified atom stereocenters. The zero-order chi connectivity index (χ0) is 15.9. The molecule has 2 N–H and O–H groups in total. The van der Waals surface area contributed by atoms with Gasteiger partial charge in [0.05, 0.1) is 0 Å². The lowest BCUT2D eigenvalue weighted by atomic mass is 9.96. The van der Waals surface area contributed by atoms with Gasteiger partial charge in [-0.1, -0.05) is 0 Å². The van der Waals surface area contributed by atoms with Crippen molar-refractivity contribution in [3.05, 3.63) is 29.8 Å². The molecular weight excluding hydrogens is 290 g/mol. The number of rotatable bonds is 6. The second kappa shape index (κ2) is 8.08. The van der Waals surface area contributed by atoms with E-state index in [-0.39, 0.29) is 11.7 Å². The number of halogens is 2. The van der Waals surface area contributed by atoms with Gasteiger partial charge in [-0.25, -0.2) is 8.78 Å². The van der Waals surface area contributed by atoms with E-state index in [0.29, 0.717) is 12.5 Å². The van der Waals surface area contributed by atoms with E-state index in [1.54, 1.807) is 6.92 Å². The highest BCUT2D eigenvalue weighted by atomic mass is 19.2. The van der Waals surface area contributed by atoms with E-state index in [1.807, 2.05) is 0 Å². The Kier molecular flexibility index (Phi) is 6.12.